The second-order valence-corrected chi connectivity index (χ2v) is 8.56. The van der Waals surface area contributed by atoms with E-state index in [1.807, 2.05) is 18.2 Å². The van der Waals surface area contributed by atoms with Crippen LogP contribution in [0.4, 0.5) is 0 Å². The molecule has 2 aliphatic heterocycles. The third kappa shape index (κ3) is 5.12. The summed E-state index contributed by atoms with van der Waals surface area (Å²) in [6.07, 6.45) is 15.7. The third-order valence-electron chi connectivity index (χ3n) is 6.68. The Morgan fingerprint density at radius 3 is 2.76 bits per heavy atom. The quantitative estimate of drug-likeness (QED) is 0.778. The molecule has 0 bridgehead atoms. The Morgan fingerprint density at radius 2 is 1.90 bits per heavy atom. The van der Waals surface area contributed by atoms with E-state index in [-0.39, 0.29) is 0 Å². The van der Waals surface area contributed by atoms with Crippen molar-refractivity contribution >= 4 is 0 Å². The molecule has 4 nitrogen and oxygen atoms in total. The van der Waals surface area contributed by atoms with Crippen molar-refractivity contribution in [3.05, 3.63) is 65.7 Å². The fourth-order valence-corrected chi connectivity index (χ4v) is 4.82. The topological polar surface area (TPSA) is 33.7 Å². The first-order valence-corrected chi connectivity index (χ1v) is 11.1. The lowest BCUT2D eigenvalue weighted by molar-refractivity contribution is 0.0866. The van der Waals surface area contributed by atoms with Crippen LogP contribution in [0.1, 0.15) is 44.1 Å². The molecule has 1 aromatic rings. The largest absolute Gasteiger partial charge is 0.493 e. The molecule has 0 atom stereocenters. The predicted molar refractivity (Wildman–Crippen MR) is 118 cm³/mol. The van der Waals surface area contributed by atoms with Gasteiger partial charge in [0.2, 0.25) is 0 Å². The number of hydrogen-bond acceptors (Lipinski definition) is 4. The molecule has 3 aliphatic rings. The molecule has 1 spiro atoms. The molecule has 2 fully saturated rings. The molecule has 4 rings (SSSR count). The highest BCUT2D eigenvalue weighted by atomic mass is 16.5. The number of para-hydroxylation sites is 1. The maximum absolute atomic E-state index is 6.33. The Balaban J connectivity index is 1.41. The van der Waals surface area contributed by atoms with Crippen LogP contribution in [0.3, 0.4) is 0 Å². The smallest absolute Gasteiger partial charge is 0.165 e. The van der Waals surface area contributed by atoms with Gasteiger partial charge >= 0.3 is 0 Å². The zero-order valence-electron chi connectivity index (χ0n) is 17.7. The van der Waals surface area contributed by atoms with Crippen LogP contribution in [-0.4, -0.2) is 38.2 Å². The zero-order valence-corrected chi connectivity index (χ0v) is 17.7. The highest BCUT2D eigenvalue weighted by molar-refractivity contribution is 5.38. The number of allylic oxidation sites excluding steroid dienone is 4. The second kappa shape index (κ2) is 9.64. The number of hydrogen-bond donors (Lipinski definition) is 1. The van der Waals surface area contributed by atoms with E-state index in [0.717, 1.165) is 30.2 Å². The van der Waals surface area contributed by atoms with E-state index in [4.69, 9.17) is 9.47 Å². The van der Waals surface area contributed by atoms with Gasteiger partial charge in [-0.15, -0.1) is 0 Å². The van der Waals surface area contributed by atoms with Gasteiger partial charge in [0.1, 0.15) is 5.75 Å². The van der Waals surface area contributed by atoms with Crippen LogP contribution >= 0.6 is 0 Å². The van der Waals surface area contributed by atoms with E-state index in [0.29, 0.717) is 5.41 Å². The van der Waals surface area contributed by atoms with Crippen molar-refractivity contribution in [3.8, 4) is 5.75 Å². The van der Waals surface area contributed by atoms with Crippen LogP contribution in [0.15, 0.2) is 60.1 Å². The number of ether oxygens (including phenoxy) is 2. The van der Waals surface area contributed by atoms with Gasteiger partial charge in [-0.2, -0.15) is 0 Å². The molecule has 4 heteroatoms. The summed E-state index contributed by atoms with van der Waals surface area (Å²) < 4.78 is 11.9. The van der Waals surface area contributed by atoms with Crippen molar-refractivity contribution in [2.45, 2.75) is 45.1 Å². The lowest BCUT2D eigenvalue weighted by atomic mass is 9.73. The molecule has 0 radical (unpaired) electrons. The van der Waals surface area contributed by atoms with E-state index in [1.54, 1.807) is 7.11 Å². The van der Waals surface area contributed by atoms with Gasteiger partial charge in [-0.05, 0) is 88.3 Å². The van der Waals surface area contributed by atoms with Gasteiger partial charge in [-0.25, -0.2) is 0 Å². The maximum Gasteiger partial charge on any atom is 0.165 e. The number of rotatable bonds is 5. The van der Waals surface area contributed by atoms with Crippen molar-refractivity contribution in [1.82, 2.24) is 10.2 Å². The fourth-order valence-electron chi connectivity index (χ4n) is 4.82. The molecule has 1 aromatic carbocycles. The molecule has 2 saturated heterocycles. The normalized spacial score (nSPS) is 22.4. The Morgan fingerprint density at radius 1 is 1.03 bits per heavy atom. The van der Waals surface area contributed by atoms with E-state index in [2.05, 4.69) is 40.6 Å². The third-order valence-corrected chi connectivity index (χ3v) is 6.68. The van der Waals surface area contributed by atoms with Crippen molar-refractivity contribution < 1.29 is 9.47 Å². The molecular weight excluding hydrogens is 360 g/mol. The second-order valence-electron chi connectivity index (χ2n) is 8.56. The fraction of sp³-hybridized carbons (Fsp3) is 0.520. The Kier molecular flexibility index (Phi) is 6.73. The minimum Gasteiger partial charge on any atom is -0.493 e. The van der Waals surface area contributed by atoms with E-state index in [9.17, 15) is 0 Å². The van der Waals surface area contributed by atoms with E-state index in [1.165, 1.54) is 63.8 Å². The van der Waals surface area contributed by atoms with Gasteiger partial charge in [-0.3, -0.25) is 4.90 Å². The van der Waals surface area contributed by atoms with Gasteiger partial charge in [0, 0.05) is 12.1 Å². The average molecular weight is 395 g/mol. The molecule has 1 aliphatic carbocycles. The highest BCUT2D eigenvalue weighted by Gasteiger charge is 2.34. The van der Waals surface area contributed by atoms with Crippen LogP contribution in [0, 0.1) is 5.41 Å². The first-order chi connectivity index (χ1) is 14.3. The minimum atomic E-state index is 0.576. The van der Waals surface area contributed by atoms with Gasteiger partial charge in [0.05, 0.1) is 7.11 Å². The summed E-state index contributed by atoms with van der Waals surface area (Å²) >= 11 is 0. The zero-order chi connectivity index (χ0) is 19.9. The lowest BCUT2D eigenvalue weighted by Crippen LogP contribution is -2.40. The molecule has 1 N–H and O–H groups in total. The summed E-state index contributed by atoms with van der Waals surface area (Å²) in [6.45, 7) is 5.70. The number of piperidine rings is 1. The van der Waals surface area contributed by atoms with Gasteiger partial charge in [-0.1, -0.05) is 30.4 Å². The SMILES string of the molecule is COC1=CC=CCC=C1Oc1ccccc1CN1CCC2(CCCNCC2)CC1. The molecule has 29 heavy (non-hydrogen) atoms. The van der Waals surface area contributed by atoms with Gasteiger partial charge in [0.25, 0.3) is 0 Å². The van der Waals surface area contributed by atoms with E-state index >= 15 is 0 Å². The standard InChI is InChI=1S/C25H34N2O2/c1-28-23-10-3-2-4-11-24(23)29-22-9-6-5-8-21(22)20-27-18-14-25(15-19-27)12-7-16-26-17-13-25/h2-3,5-6,8-11,26H,4,7,12-20H2,1H3. The number of nitrogens with one attached hydrogen (secondary N) is 1. The van der Waals surface area contributed by atoms with Crippen molar-refractivity contribution in [1.29, 1.82) is 0 Å². The number of methoxy groups -OCH3 is 1. The Bertz CT molecular complexity index is 763. The summed E-state index contributed by atoms with van der Waals surface area (Å²) in [4.78, 5) is 2.60. The molecule has 0 unspecified atom stereocenters. The van der Waals surface area contributed by atoms with Gasteiger partial charge in [0.15, 0.2) is 11.5 Å². The van der Waals surface area contributed by atoms with Crippen LogP contribution in [0.2, 0.25) is 0 Å². The van der Waals surface area contributed by atoms with Crippen molar-refractivity contribution in [3.63, 3.8) is 0 Å². The summed E-state index contributed by atoms with van der Waals surface area (Å²) in [7, 11) is 1.70. The Labute approximate surface area is 175 Å². The number of benzene rings is 1. The maximum atomic E-state index is 6.33. The summed E-state index contributed by atoms with van der Waals surface area (Å²) in [6, 6.07) is 8.43. The minimum absolute atomic E-state index is 0.576. The molecular formula is C25H34N2O2. The molecule has 0 saturated carbocycles. The summed E-state index contributed by atoms with van der Waals surface area (Å²) in [5.41, 5.74) is 1.83. The van der Waals surface area contributed by atoms with Crippen LogP contribution in [0.5, 0.6) is 5.75 Å². The van der Waals surface area contributed by atoms with Crippen LogP contribution < -0.4 is 10.1 Å². The van der Waals surface area contributed by atoms with Crippen molar-refractivity contribution in [2.24, 2.45) is 5.41 Å². The first-order valence-electron chi connectivity index (χ1n) is 11.1. The van der Waals surface area contributed by atoms with Crippen LogP contribution in [-0.2, 0) is 11.3 Å². The summed E-state index contributed by atoms with van der Waals surface area (Å²) in [5.74, 6) is 2.51. The highest BCUT2D eigenvalue weighted by Crippen LogP contribution is 2.40. The molecule has 2 heterocycles. The Hall–Kier alpha value is -2.04. The van der Waals surface area contributed by atoms with E-state index < -0.39 is 0 Å². The first kappa shape index (κ1) is 20.2. The van der Waals surface area contributed by atoms with Gasteiger partial charge < -0.3 is 14.8 Å². The molecule has 156 valence electrons. The van der Waals surface area contributed by atoms with Crippen LogP contribution in [0.25, 0.3) is 0 Å². The number of nitrogens with zero attached hydrogens (tertiary/aromatic N) is 1. The molecule has 0 amide bonds. The van der Waals surface area contributed by atoms with Crippen molar-refractivity contribution in [2.75, 3.05) is 33.3 Å². The predicted octanol–water partition coefficient (Wildman–Crippen LogP) is 4.80. The molecule has 0 aromatic heterocycles. The number of likely N-dealkylation sites (tertiary alicyclic amines) is 1. The average Bonchev–Trinajstić information content (AvgIpc) is 3.12. The monoisotopic (exact) mass is 394 g/mol. The lowest BCUT2D eigenvalue weighted by Gasteiger charge is -2.41. The summed E-state index contributed by atoms with van der Waals surface area (Å²) in [5, 5.41) is 3.57.